The zero-order chi connectivity index (χ0) is 13.7. The maximum Gasteiger partial charge on any atom is 0.250 e. The van der Waals surface area contributed by atoms with E-state index < -0.39 is 0 Å². The second-order valence-electron chi connectivity index (χ2n) is 6.38. The number of nitrogens with one attached hydrogen (secondary N) is 2. The predicted octanol–water partition coefficient (Wildman–Crippen LogP) is 1.93. The number of hydrogen-bond donors (Lipinski definition) is 2. The van der Waals surface area contributed by atoms with Crippen LogP contribution in [-0.4, -0.2) is 17.7 Å². The molecule has 2 atom stereocenters. The fraction of sp³-hybridized carbons (Fsp3) is 0.625. The molecule has 1 amide bonds. The number of carbonyl (C=O) groups is 2. The molecule has 4 nitrogen and oxygen atoms in total. The summed E-state index contributed by atoms with van der Waals surface area (Å²) in [5, 5.41) is 6.37. The number of carbonyl (C=O) groups excluding carboxylic acids is 2. The third-order valence-electron chi connectivity index (χ3n) is 5.21. The quantitative estimate of drug-likeness (QED) is 0.662. The number of ketones is 1. The van der Waals surface area contributed by atoms with Gasteiger partial charge in [-0.3, -0.25) is 9.59 Å². The number of allylic oxidation sites excluding steroid dienone is 2. The van der Waals surface area contributed by atoms with Crippen LogP contribution in [0.2, 0.25) is 0 Å². The molecule has 0 aromatic carbocycles. The molecule has 0 radical (unpaired) electrons. The maximum atomic E-state index is 12.6. The van der Waals surface area contributed by atoms with Crippen molar-refractivity contribution in [2.75, 3.05) is 0 Å². The Morgan fingerprint density at radius 2 is 1.75 bits per heavy atom. The van der Waals surface area contributed by atoms with E-state index in [4.69, 9.17) is 0 Å². The monoisotopic (exact) mass is 272 g/mol. The molecule has 4 heteroatoms. The number of Topliss-reactive ketones (excluding diaryl/α,β-unsaturated/α-hetero) is 1. The van der Waals surface area contributed by atoms with Crippen molar-refractivity contribution in [1.29, 1.82) is 0 Å². The molecule has 106 valence electrons. The molecule has 0 bridgehead atoms. The molecule has 0 aromatic heterocycles. The first-order valence-corrected chi connectivity index (χ1v) is 7.84. The van der Waals surface area contributed by atoms with Crippen molar-refractivity contribution in [2.24, 2.45) is 5.92 Å². The highest BCUT2D eigenvalue weighted by Crippen LogP contribution is 2.39. The number of rotatable bonds is 0. The summed E-state index contributed by atoms with van der Waals surface area (Å²) < 4.78 is 0. The number of fused-ring (bicyclic) bond motifs is 1. The van der Waals surface area contributed by atoms with Crippen molar-refractivity contribution in [3.05, 3.63) is 22.5 Å². The summed E-state index contributed by atoms with van der Waals surface area (Å²) in [6, 6.07) is 0.256. The van der Waals surface area contributed by atoms with Gasteiger partial charge in [0.1, 0.15) is 0 Å². The van der Waals surface area contributed by atoms with Gasteiger partial charge in [-0.15, -0.1) is 0 Å². The van der Waals surface area contributed by atoms with Crippen molar-refractivity contribution < 1.29 is 9.59 Å². The van der Waals surface area contributed by atoms with E-state index in [-0.39, 0.29) is 23.7 Å². The lowest BCUT2D eigenvalue weighted by molar-refractivity contribution is -0.117. The van der Waals surface area contributed by atoms with Crippen LogP contribution in [0.15, 0.2) is 22.5 Å². The van der Waals surface area contributed by atoms with E-state index in [1.165, 1.54) is 6.42 Å². The average Bonchev–Trinajstić information content (AvgIpc) is 2.96. The van der Waals surface area contributed by atoms with Gasteiger partial charge in [0, 0.05) is 28.8 Å². The maximum absolute atomic E-state index is 12.6. The Morgan fingerprint density at radius 1 is 0.950 bits per heavy atom. The van der Waals surface area contributed by atoms with Crippen LogP contribution in [0.4, 0.5) is 0 Å². The highest BCUT2D eigenvalue weighted by molar-refractivity contribution is 6.16. The van der Waals surface area contributed by atoms with Crippen LogP contribution < -0.4 is 10.6 Å². The summed E-state index contributed by atoms with van der Waals surface area (Å²) in [5.41, 5.74) is 3.36. The van der Waals surface area contributed by atoms with Gasteiger partial charge in [0.05, 0.1) is 5.70 Å². The van der Waals surface area contributed by atoms with Crippen molar-refractivity contribution in [3.63, 3.8) is 0 Å². The highest BCUT2D eigenvalue weighted by Gasteiger charge is 2.43. The molecule has 0 aromatic rings. The Labute approximate surface area is 118 Å². The van der Waals surface area contributed by atoms with Gasteiger partial charge in [0.2, 0.25) is 11.7 Å². The summed E-state index contributed by atoms with van der Waals surface area (Å²) in [7, 11) is 0. The van der Waals surface area contributed by atoms with E-state index in [1.54, 1.807) is 0 Å². The van der Waals surface area contributed by atoms with Crippen LogP contribution in [0, 0.1) is 5.92 Å². The molecule has 2 fully saturated rings. The molecule has 0 spiro atoms. The third kappa shape index (κ3) is 1.67. The van der Waals surface area contributed by atoms with Crippen LogP contribution in [0.1, 0.15) is 51.4 Å². The molecule has 20 heavy (non-hydrogen) atoms. The zero-order valence-corrected chi connectivity index (χ0v) is 11.6. The van der Waals surface area contributed by atoms with Gasteiger partial charge in [0.15, 0.2) is 0 Å². The van der Waals surface area contributed by atoms with E-state index >= 15 is 0 Å². The van der Waals surface area contributed by atoms with Gasteiger partial charge in [-0.1, -0.05) is 12.8 Å². The summed E-state index contributed by atoms with van der Waals surface area (Å²) in [6.07, 6.45) is 8.47. The average molecular weight is 272 g/mol. The lowest BCUT2D eigenvalue weighted by Gasteiger charge is -2.24. The van der Waals surface area contributed by atoms with E-state index in [9.17, 15) is 9.59 Å². The summed E-state index contributed by atoms with van der Waals surface area (Å²) in [6.45, 7) is 0. The fourth-order valence-electron chi connectivity index (χ4n) is 4.20. The van der Waals surface area contributed by atoms with Crippen molar-refractivity contribution in [1.82, 2.24) is 10.6 Å². The lowest BCUT2D eigenvalue weighted by atomic mass is 9.81. The smallest absolute Gasteiger partial charge is 0.250 e. The van der Waals surface area contributed by atoms with Gasteiger partial charge in [-0.25, -0.2) is 0 Å². The minimum absolute atomic E-state index is 0.0161. The van der Waals surface area contributed by atoms with Crippen LogP contribution in [-0.2, 0) is 9.59 Å². The SMILES string of the molecule is O=C1C2=C(CCCC2)N/C1=C1/C(=O)NC2CCCCC12. The second-order valence-corrected chi connectivity index (χ2v) is 6.38. The van der Waals surface area contributed by atoms with Gasteiger partial charge in [-0.05, 0) is 38.5 Å². The zero-order valence-electron chi connectivity index (χ0n) is 11.6. The van der Waals surface area contributed by atoms with Crippen molar-refractivity contribution in [2.45, 2.75) is 57.4 Å². The van der Waals surface area contributed by atoms with Crippen molar-refractivity contribution in [3.8, 4) is 0 Å². The van der Waals surface area contributed by atoms with E-state index in [1.807, 2.05) is 0 Å². The molecular formula is C16H20N2O2. The van der Waals surface area contributed by atoms with Crippen LogP contribution in [0.5, 0.6) is 0 Å². The minimum Gasteiger partial charge on any atom is -0.355 e. The summed E-state index contributed by atoms with van der Waals surface area (Å²) >= 11 is 0. The highest BCUT2D eigenvalue weighted by atomic mass is 16.2. The Morgan fingerprint density at radius 3 is 2.60 bits per heavy atom. The van der Waals surface area contributed by atoms with Crippen LogP contribution in [0.3, 0.4) is 0 Å². The molecule has 2 aliphatic heterocycles. The Hall–Kier alpha value is -1.58. The molecule has 4 rings (SSSR count). The Bertz CT molecular complexity index is 559. The summed E-state index contributed by atoms with van der Waals surface area (Å²) in [4.78, 5) is 24.9. The normalized spacial score (nSPS) is 36.6. The van der Waals surface area contributed by atoms with E-state index in [2.05, 4.69) is 10.6 Å². The molecule has 2 unspecified atom stereocenters. The lowest BCUT2D eigenvalue weighted by Crippen LogP contribution is -2.31. The Kier molecular flexibility index (Phi) is 2.72. The van der Waals surface area contributed by atoms with Crippen LogP contribution in [0.25, 0.3) is 0 Å². The van der Waals surface area contributed by atoms with Gasteiger partial charge in [0.25, 0.3) is 0 Å². The molecular weight excluding hydrogens is 252 g/mol. The number of amides is 1. The van der Waals surface area contributed by atoms with E-state index in [0.717, 1.165) is 61.8 Å². The molecule has 1 saturated carbocycles. The molecule has 2 heterocycles. The largest absolute Gasteiger partial charge is 0.355 e. The first-order chi connectivity index (χ1) is 9.75. The van der Waals surface area contributed by atoms with E-state index in [0.29, 0.717) is 5.70 Å². The summed E-state index contributed by atoms with van der Waals surface area (Å²) in [5.74, 6) is 0.317. The molecule has 2 aliphatic carbocycles. The first kappa shape index (κ1) is 12.2. The number of hydrogen-bond acceptors (Lipinski definition) is 3. The molecule has 2 N–H and O–H groups in total. The molecule has 1 saturated heterocycles. The topological polar surface area (TPSA) is 58.2 Å². The second kappa shape index (κ2) is 4.47. The predicted molar refractivity (Wildman–Crippen MR) is 74.6 cm³/mol. The Balaban J connectivity index is 1.72. The first-order valence-electron chi connectivity index (χ1n) is 7.84. The minimum atomic E-state index is -0.0161. The van der Waals surface area contributed by atoms with Gasteiger partial charge >= 0.3 is 0 Å². The van der Waals surface area contributed by atoms with Gasteiger partial charge < -0.3 is 10.6 Å². The van der Waals surface area contributed by atoms with Crippen molar-refractivity contribution >= 4 is 11.7 Å². The standard InChI is InChI=1S/C16H20N2O2/c19-15-10-6-2-4-8-12(10)17-14(15)13-9-5-1-3-7-11(9)18-16(13)20/h9,11,17H,1-8H2,(H,18,20)/b14-13+. The fourth-order valence-corrected chi connectivity index (χ4v) is 4.20. The van der Waals surface area contributed by atoms with Gasteiger partial charge in [-0.2, -0.15) is 0 Å². The third-order valence-corrected chi connectivity index (χ3v) is 5.21. The van der Waals surface area contributed by atoms with Crippen LogP contribution >= 0.6 is 0 Å². The molecule has 4 aliphatic rings.